The maximum atomic E-state index is 12.9. The minimum atomic E-state index is -1.08. The highest BCUT2D eigenvalue weighted by molar-refractivity contribution is 5.95. The van der Waals surface area contributed by atoms with E-state index in [-0.39, 0.29) is 12.2 Å². The van der Waals surface area contributed by atoms with Gasteiger partial charge in [-0.3, -0.25) is 19.7 Å². The summed E-state index contributed by atoms with van der Waals surface area (Å²) in [5.74, 6) is -2.93. The average molecular weight is 451 g/mol. The zero-order chi connectivity index (χ0) is 23.3. The normalized spacial score (nSPS) is 31.9. The van der Waals surface area contributed by atoms with Gasteiger partial charge in [-0.15, -0.1) is 0 Å². The number of carbonyl (C=O) groups is 2. The predicted molar refractivity (Wildman–Crippen MR) is 107 cm³/mol. The molecule has 0 unspecified atom stereocenters. The van der Waals surface area contributed by atoms with Crippen molar-refractivity contribution in [1.29, 1.82) is 0 Å². The molecule has 3 aliphatic heterocycles. The number of nitro benzene ring substituents is 1. The van der Waals surface area contributed by atoms with Crippen LogP contribution < -0.4 is 10.6 Å². The highest BCUT2D eigenvalue weighted by Crippen LogP contribution is 2.44. The number of fused-ring (bicyclic) bond motifs is 3. The quantitative estimate of drug-likeness (QED) is 0.495. The number of rotatable bonds is 5. The second-order valence-corrected chi connectivity index (χ2v) is 8.66. The number of ether oxygens (including phenoxy) is 5. The molecule has 3 aliphatic rings. The molecule has 0 spiro atoms. The molecule has 32 heavy (non-hydrogen) atoms. The Morgan fingerprint density at radius 1 is 0.969 bits per heavy atom. The molecular formula is C20H25N3O9. The van der Waals surface area contributed by atoms with Crippen molar-refractivity contribution < 1.29 is 38.2 Å². The van der Waals surface area contributed by atoms with E-state index in [1.807, 2.05) is 0 Å². The van der Waals surface area contributed by atoms with Crippen LogP contribution in [0.4, 0.5) is 11.4 Å². The SMILES string of the molecule is CC1(C)O[C@@H]2O[C@H](C(=O)NCC(=O)Nc3ccc([N+](=O)[O-])cc3)[C@@H]3OC(C)(C)O[C@@H]3[C@@H]2O1. The fraction of sp³-hybridized carbons (Fsp3) is 0.600. The van der Waals surface area contributed by atoms with E-state index >= 15 is 0 Å². The lowest BCUT2D eigenvalue weighted by atomic mass is 9.98. The Bertz CT molecular complexity index is 917. The van der Waals surface area contributed by atoms with E-state index in [9.17, 15) is 19.7 Å². The Hall–Kier alpha value is -2.64. The first-order valence-corrected chi connectivity index (χ1v) is 10.1. The van der Waals surface area contributed by atoms with Gasteiger partial charge in [0.1, 0.15) is 18.3 Å². The molecule has 2 amide bonds. The van der Waals surface area contributed by atoms with Gasteiger partial charge in [0.05, 0.1) is 11.5 Å². The van der Waals surface area contributed by atoms with Gasteiger partial charge in [-0.1, -0.05) is 0 Å². The maximum Gasteiger partial charge on any atom is 0.269 e. The minimum absolute atomic E-state index is 0.0957. The predicted octanol–water partition coefficient (Wildman–Crippen LogP) is 1.05. The molecule has 0 aliphatic carbocycles. The van der Waals surface area contributed by atoms with Gasteiger partial charge < -0.3 is 34.3 Å². The molecule has 12 nitrogen and oxygen atoms in total. The zero-order valence-corrected chi connectivity index (χ0v) is 18.0. The standard InChI is InChI=1S/C20H25N3O9/c1-19(2)29-13-14(30-19)16-18(32-20(3,4)31-16)28-15(13)17(25)21-9-12(24)22-10-5-7-11(8-6-10)23(26)27/h5-8,13-16,18H,9H2,1-4H3,(H,21,25)(H,22,24)/t13-,14+,15+,16+,18+/m1/s1. The van der Waals surface area contributed by atoms with Crippen LogP contribution in [0.15, 0.2) is 24.3 Å². The molecule has 0 saturated carbocycles. The van der Waals surface area contributed by atoms with Gasteiger partial charge >= 0.3 is 0 Å². The fourth-order valence-electron chi connectivity index (χ4n) is 3.96. The van der Waals surface area contributed by atoms with E-state index in [0.29, 0.717) is 5.69 Å². The van der Waals surface area contributed by atoms with Gasteiger partial charge in [0, 0.05) is 17.8 Å². The van der Waals surface area contributed by atoms with Gasteiger partial charge in [-0.05, 0) is 39.8 Å². The van der Waals surface area contributed by atoms with E-state index in [1.165, 1.54) is 24.3 Å². The van der Waals surface area contributed by atoms with Gasteiger partial charge in [0.2, 0.25) is 5.91 Å². The van der Waals surface area contributed by atoms with Gasteiger partial charge in [0.25, 0.3) is 11.6 Å². The summed E-state index contributed by atoms with van der Waals surface area (Å²) in [6.07, 6.45) is -3.80. The van der Waals surface area contributed by atoms with E-state index in [2.05, 4.69) is 10.6 Å². The van der Waals surface area contributed by atoms with Crippen molar-refractivity contribution in [2.75, 3.05) is 11.9 Å². The Morgan fingerprint density at radius 2 is 1.56 bits per heavy atom. The highest BCUT2D eigenvalue weighted by atomic mass is 16.9. The molecule has 3 fully saturated rings. The summed E-state index contributed by atoms with van der Waals surface area (Å²) in [5.41, 5.74) is 0.265. The minimum Gasteiger partial charge on any atom is -0.345 e. The second-order valence-electron chi connectivity index (χ2n) is 8.66. The lowest BCUT2D eigenvalue weighted by Crippen LogP contribution is -2.59. The zero-order valence-electron chi connectivity index (χ0n) is 18.0. The molecule has 0 radical (unpaired) electrons. The molecule has 5 atom stereocenters. The third kappa shape index (κ3) is 4.59. The molecule has 1 aromatic carbocycles. The number of nitrogens with one attached hydrogen (secondary N) is 2. The van der Waals surface area contributed by atoms with Crippen LogP contribution in [0.2, 0.25) is 0 Å². The number of anilines is 1. The molecule has 2 N–H and O–H groups in total. The number of amides is 2. The van der Waals surface area contributed by atoms with Crippen molar-refractivity contribution in [2.45, 2.75) is 70.0 Å². The smallest absolute Gasteiger partial charge is 0.269 e. The Kier molecular flexibility index (Phi) is 5.67. The average Bonchev–Trinajstić information content (AvgIpc) is 3.19. The lowest BCUT2D eigenvalue weighted by molar-refractivity contribution is -0.384. The van der Waals surface area contributed by atoms with Crippen LogP contribution in [0.3, 0.4) is 0 Å². The molecule has 12 heteroatoms. The van der Waals surface area contributed by atoms with Crippen molar-refractivity contribution in [3.8, 4) is 0 Å². The van der Waals surface area contributed by atoms with Crippen molar-refractivity contribution in [3.05, 3.63) is 34.4 Å². The number of nitrogens with zero attached hydrogens (tertiary/aromatic N) is 1. The summed E-state index contributed by atoms with van der Waals surface area (Å²) in [6, 6.07) is 5.34. The summed E-state index contributed by atoms with van der Waals surface area (Å²) in [7, 11) is 0. The summed E-state index contributed by atoms with van der Waals surface area (Å²) >= 11 is 0. The maximum absolute atomic E-state index is 12.9. The van der Waals surface area contributed by atoms with Crippen LogP contribution in [0.5, 0.6) is 0 Å². The number of hydrogen-bond acceptors (Lipinski definition) is 9. The topological polar surface area (TPSA) is 147 Å². The van der Waals surface area contributed by atoms with E-state index in [1.54, 1.807) is 27.7 Å². The van der Waals surface area contributed by atoms with Crippen molar-refractivity contribution in [1.82, 2.24) is 5.32 Å². The molecular weight excluding hydrogens is 426 g/mol. The number of hydrogen-bond donors (Lipinski definition) is 2. The fourth-order valence-corrected chi connectivity index (χ4v) is 3.96. The summed E-state index contributed by atoms with van der Waals surface area (Å²) in [5, 5.41) is 15.8. The largest absolute Gasteiger partial charge is 0.345 e. The van der Waals surface area contributed by atoms with Crippen LogP contribution in [-0.4, -0.2) is 65.6 Å². The van der Waals surface area contributed by atoms with Crippen molar-refractivity contribution in [2.24, 2.45) is 0 Å². The third-order valence-corrected chi connectivity index (χ3v) is 5.20. The summed E-state index contributed by atoms with van der Waals surface area (Å²) in [6.45, 7) is 6.60. The first-order chi connectivity index (χ1) is 14.9. The van der Waals surface area contributed by atoms with Crippen molar-refractivity contribution in [3.63, 3.8) is 0 Å². The van der Waals surface area contributed by atoms with Crippen molar-refractivity contribution >= 4 is 23.2 Å². The molecule has 3 saturated heterocycles. The molecule has 0 aromatic heterocycles. The first-order valence-electron chi connectivity index (χ1n) is 10.1. The number of nitro groups is 1. The van der Waals surface area contributed by atoms with Crippen LogP contribution in [0.25, 0.3) is 0 Å². The monoisotopic (exact) mass is 451 g/mol. The number of benzene rings is 1. The van der Waals surface area contributed by atoms with Gasteiger partial charge in [0.15, 0.2) is 24.0 Å². The highest BCUT2D eigenvalue weighted by Gasteiger charge is 2.62. The van der Waals surface area contributed by atoms with E-state index < -0.39 is 59.0 Å². The molecule has 174 valence electrons. The molecule has 0 bridgehead atoms. The number of carbonyl (C=O) groups excluding carboxylic acids is 2. The van der Waals surface area contributed by atoms with Crippen LogP contribution in [0.1, 0.15) is 27.7 Å². The van der Waals surface area contributed by atoms with E-state index in [4.69, 9.17) is 23.7 Å². The summed E-state index contributed by atoms with van der Waals surface area (Å²) < 4.78 is 29.3. The first kappa shape index (κ1) is 22.6. The summed E-state index contributed by atoms with van der Waals surface area (Å²) in [4.78, 5) is 35.2. The van der Waals surface area contributed by atoms with Gasteiger partial charge in [-0.2, -0.15) is 0 Å². The lowest BCUT2D eigenvalue weighted by Gasteiger charge is -2.36. The Morgan fingerprint density at radius 3 is 2.22 bits per heavy atom. The van der Waals surface area contributed by atoms with Crippen LogP contribution >= 0.6 is 0 Å². The third-order valence-electron chi connectivity index (χ3n) is 5.20. The Labute approximate surface area is 183 Å². The van der Waals surface area contributed by atoms with Crippen LogP contribution in [0, 0.1) is 10.1 Å². The second kappa shape index (κ2) is 8.05. The Balaban J connectivity index is 1.38. The van der Waals surface area contributed by atoms with E-state index in [0.717, 1.165) is 0 Å². The van der Waals surface area contributed by atoms with Gasteiger partial charge in [-0.25, -0.2) is 0 Å². The van der Waals surface area contributed by atoms with Crippen LogP contribution in [-0.2, 0) is 33.3 Å². The molecule has 3 heterocycles. The molecule has 4 rings (SSSR count). The number of non-ortho nitro benzene ring substituents is 1. The molecule has 1 aromatic rings.